The van der Waals surface area contributed by atoms with Crippen LogP contribution in [0.2, 0.25) is 0 Å². The minimum absolute atomic E-state index is 0.147. The van der Waals surface area contributed by atoms with Crippen LogP contribution in [-0.2, 0) is 6.42 Å². The summed E-state index contributed by atoms with van der Waals surface area (Å²) in [7, 11) is 1.71. The van der Waals surface area contributed by atoms with E-state index in [4.69, 9.17) is 9.47 Å². The van der Waals surface area contributed by atoms with Crippen LogP contribution in [0.4, 0.5) is 0 Å². The summed E-state index contributed by atoms with van der Waals surface area (Å²) in [5.74, 6) is 5.00. The molecule has 3 aromatic rings. The first kappa shape index (κ1) is 23.8. The smallest absolute Gasteiger partial charge is 0.127 e. The number of aromatic hydroxyl groups is 1. The monoisotopic (exact) mass is 464 g/mol. The van der Waals surface area contributed by atoms with Gasteiger partial charge < -0.3 is 14.6 Å². The van der Waals surface area contributed by atoms with Gasteiger partial charge in [0.1, 0.15) is 22.8 Å². The van der Waals surface area contributed by atoms with Crippen LogP contribution in [0.5, 0.6) is 17.2 Å². The lowest BCUT2D eigenvalue weighted by atomic mass is 9.86. The van der Waals surface area contributed by atoms with Crippen LogP contribution in [0.3, 0.4) is 0 Å². The number of thioether (sulfide) groups is 1. The normalized spacial score (nSPS) is 18.6. The first-order chi connectivity index (χ1) is 15.7. The van der Waals surface area contributed by atoms with E-state index in [0.29, 0.717) is 11.7 Å². The van der Waals surface area contributed by atoms with Crippen molar-refractivity contribution >= 4 is 22.5 Å². The molecular formula is C29H36O3S. The van der Waals surface area contributed by atoms with Crippen LogP contribution in [0.15, 0.2) is 36.4 Å². The van der Waals surface area contributed by atoms with E-state index >= 15 is 0 Å². The number of fused-ring (bicyclic) bond motifs is 2. The SMILES string of the molecule is COc1ccc2cc(C(C)CSCCC3(C)CCc4c(C)c(O)c(C)c(C)c4O3)ccc2c1. The number of hydrogen-bond donors (Lipinski definition) is 1. The highest BCUT2D eigenvalue weighted by Crippen LogP contribution is 2.44. The van der Waals surface area contributed by atoms with Crippen LogP contribution in [-0.4, -0.2) is 29.3 Å². The van der Waals surface area contributed by atoms with Crippen molar-refractivity contribution in [1.82, 2.24) is 0 Å². The van der Waals surface area contributed by atoms with Crippen LogP contribution in [0.1, 0.15) is 60.4 Å². The summed E-state index contributed by atoms with van der Waals surface area (Å²) >= 11 is 2.01. The molecule has 1 N–H and O–H groups in total. The van der Waals surface area contributed by atoms with Crippen LogP contribution < -0.4 is 9.47 Å². The van der Waals surface area contributed by atoms with Gasteiger partial charge in [-0.05, 0) is 110 Å². The van der Waals surface area contributed by atoms with Crippen molar-refractivity contribution in [2.75, 3.05) is 18.6 Å². The molecule has 0 bridgehead atoms. The van der Waals surface area contributed by atoms with E-state index in [-0.39, 0.29) is 5.60 Å². The molecule has 176 valence electrons. The molecule has 2 unspecified atom stereocenters. The molecule has 0 saturated carbocycles. The van der Waals surface area contributed by atoms with E-state index in [0.717, 1.165) is 59.0 Å². The fraction of sp³-hybridized carbons (Fsp3) is 0.448. The minimum atomic E-state index is -0.147. The van der Waals surface area contributed by atoms with Gasteiger partial charge in [0.05, 0.1) is 7.11 Å². The zero-order valence-electron chi connectivity index (χ0n) is 20.7. The van der Waals surface area contributed by atoms with E-state index in [1.165, 1.54) is 21.9 Å². The molecule has 1 aliphatic rings. The molecule has 1 heterocycles. The maximum atomic E-state index is 10.4. The van der Waals surface area contributed by atoms with Gasteiger partial charge in [-0.3, -0.25) is 0 Å². The molecular weight excluding hydrogens is 428 g/mol. The molecule has 4 rings (SSSR count). The van der Waals surface area contributed by atoms with E-state index in [1.807, 2.05) is 31.7 Å². The summed E-state index contributed by atoms with van der Waals surface area (Å²) in [6.07, 6.45) is 2.99. The average Bonchev–Trinajstić information content (AvgIpc) is 2.83. The Morgan fingerprint density at radius 1 is 1.06 bits per heavy atom. The van der Waals surface area contributed by atoms with Crippen molar-refractivity contribution in [1.29, 1.82) is 0 Å². The van der Waals surface area contributed by atoms with Crippen molar-refractivity contribution in [3.8, 4) is 17.2 Å². The largest absolute Gasteiger partial charge is 0.507 e. The summed E-state index contributed by atoms with van der Waals surface area (Å²) in [6.45, 7) is 10.6. The van der Waals surface area contributed by atoms with Gasteiger partial charge in [0, 0.05) is 5.56 Å². The average molecular weight is 465 g/mol. The molecule has 4 heteroatoms. The highest BCUT2D eigenvalue weighted by molar-refractivity contribution is 7.99. The van der Waals surface area contributed by atoms with Gasteiger partial charge in [-0.15, -0.1) is 0 Å². The summed E-state index contributed by atoms with van der Waals surface area (Å²) in [5.41, 5.74) is 5.42. The molecule has 0 amide bonds. The Balaban J connectivity index is 1.35. The van der Waals surface area contributed by atoms with Gasteiger partial charge >= 0.3 is 0 Å². The molecule has 2 atom stereocenters. The van der Waals surface area contributed by atoms with Gasteiger partial charge in [0.25, 0.3) is 0 Å². The van der Waals surface area contributed by atoms with Crippen LogP contribution in [0, 0.1) is 20.8 Å². The van der Waals surface area contributed by atoms with Crippen molar-refractivity contribution in [2.45, 2.75) is 65.4 Å². The number of phenolic OH excluding ortho intramolecular Hbond substituents is 1. The lowest BCUT2D eigenvalue weighted by molar-refractivity contribution is 0.0610. The van der Waals surface area contributed by atoms with E-state index in [1.54, 1.807) is 7.11 Å². The predicted octanol–water partition coefficient (Wildman–Crippen LogP) is 7.49. The Hall–Kier alpha value is -2.33. The Morgan fingerprint density at radius 2 is 1.79 bits per heavy atom. The van der Waals surface area contributed by atoms with Gasteiger partial charge in [-0.25, -0.2) is 0 Å². The highest BCUT2D eigenvalue weighted by Gasteiger charge is 2.34. The molecule has 0 saturated heterocycles. The second-order valence-electron chi connectivity index (χ2n) is 9.78. The number of methoxy groups -OCH3 is 1. The minimum Gasteiger partial charge on any atom is -0.507 e. The zero-order valence-corrected chi connectivity index (χ0v) is 21.6. The lowest BCUT2D eigenvalue weighted by Gasteiger charge is -2.38. The number of hydrogen-bond acceptors (Lipinski definition) is 4. The molecule has 0 fully saturated rings. The Bertz CT molecular complexity index is 1170. The summed E-state index contributed by atoms with van der Waals surface area (Å²) in [4.78, 5) is 0. The fourth-order valence-corrected chi connectivity index (χ4v) is 6.08. The van der Waals surface area contributed by atoms with Crippen LogP contribution in [0.25, 0.3) is 10.8 Å². The third kappa shape index (κ3) is 4.82. The Labute approximate surface area is 202 Å². The fourth-order valence-electron chi connectivity index (χ4n) is 4.79. The van der Waals surface area contributed by atoms with E-state index in [2.05, 4.69) is 51.1 Å². The number of ether oxygens (including phenoxy) is 2. The molecule has 3 aromatic carbocycles. The molecule has 0 spiro atoms. The third-order valence-corrected chi connectivity index (χ3v) is 8.60. The second kappa shape index (κ2) is 9.50. The number of benzene rings is 3. The topological polar surface area (TPSA) is 38.7 Å². The zero-order chi connectivity index (χ0) is 23.8. The third-order valence-electron chi connectivity index (χ3n) is 7.38. The van der Waals surface area contributed by atoms with Gasteiger partial charge in [-0.1, -0.05) is 31.2 Å². The molecule has 0 aliphatic carbocycles. The van der Waals surface area contributed by atoms with Crippen molar-refractivity contribution in [3.05, 3.63) is 64.2 Å². The molecule has 33 heavy (non-hydrogen) atoms. The highest BCUT2D eigenvalue weighted by atomic mass is 32.2. The van der Waals surface area contributed by atoms with Gasteiger partial charge in [0.2, 0.25) is 0 Å². The molecule has 3 nitrogen and oxygen atoms in total. The lowest BCUT2D eigenvalue weighted by Crippen LogP contribution is -2.37. The van der Waals surface area contributed by atoms with Crippen molar-refractivity contribution in [3.63, 3.8) is 0 Å². The van der Waals surface area contributed by atoms with Gasteiger partial charge in [0.15, 0.2) is 0 Å². The first-order valence-electron chi connectivity index (χ1n) is 11.9. The summed E-state index contributed by atoms with van der Waals surface area (Å²) in [6, 6.07) is 13.0. The van der Waals surface area contributed by atoms with E-state index in [9.17, 15) is 5.11 Å². The standard InChI is InChI=1S/C29H36O3S/c1-18(22-7-8-24-16-25(31-6)10-9-23(24)15-22)17-33-14-13-29(5)12-11-26-21(4)27(30)19(2)20(3)28(26)32-29/h7-10,15-16,18,30H,11-14,17H2,1-6H3. The maximum Gasteiger partial charge on any atom is 0.127 e. The van der Waals surface area contributed by atoms with Crippen LogP contribution >= 0.6 is 11.8 Å². The maximum absolute atomic E-state index is 10.4. The Morgan fingerprint density at radius 3 is 2.55 bits per heavy atom. The van der Waals surface area contributed by atoms with Crippen molar-refractivity contribution in [2.24, 2.45) is 0 Å². The quantitative estimate of drug-likeness (QED) is 0.368. The molecule has 0 radical (unpaired) electrons. The second-order valence-corrected chi connectivity index (χ2v) is 10.9. The van der Waals surface area contributed by atoms with Gasteiger partial charge in [-0.2, -0.15) is 11.8 Å². The Kier molecular flexibility index (Phi) is 6.86. The van der Waals surface area contributed by atoms with E-state index < -0.39 is 0 Å². The predicted molar refractivity (Wildman–Crippen MR) is 141 cm³/mol. The molecule has 0 aromatic heterocycles. The molecule has 1 aliphatic heterocycles. The number of rotatable bonds is 7. The number of phenols is 1. The first-order valence-corrected chi connectivity index (χ1v) is 13.0. The van der Waals surface area contributed by atoms with Crippen molar-refractivity contribution < 1.29 is 14.6 Å². The summed E-state index contributed by atoms with van der Waals surface area (Å²) in [5, 5.41) is 12.9. The summed E-state index contributed by atoms with van der Waals surface area (Å²) < 4.78 is 11.9.